The van der Waals surface area contributed by atoms with Gasteiger partial charge in [-0.3, -0.25) is 0 Å². The molecule has 6 rings (SSSR count). The number of imidazole rings is 1. The highest BCUT2D eigenvalue weighted by Crippen LogP contribution is 2.32. The van der Waals surface area contributed by atoms with E-state index in [1.54, 1.807) is 10.7 Å². The van der Waals surface area contributed by atoms with E-state index in [9.17, 15) is 0 Å². The molecule has 1 saturated heterocycles. The van der Waals surface area contributed by atoms with Gasteiger partial charge < -0.3 is 20.5 Å². The fourth-order valence-corrected chi connectivity index (χ4v) is 4.17. The fourth-order valence-electron chi connectivity index (χ4n) is 4.17. The third-order valence-corrected chi connectivity index (χ3v) is 5.72. The summed E-state index contributed by atoms with van der Waals surface area (Å²) in [6.45, 7) is 4.01. The van der Waals surface area contributed by atoms with Crippen molar-refractivity contribution in [3.63, 3.8) is 0 Å². The minimum Gasteiger partial charge on any atom is -0.368 e. The topological polar surface area (TPSA) is 86.2 Å². The molecule has 1 fully saturated rings. The van der Waals surface area contributed by atoms with Gasteiger partial charge in [-0.05, 0) is 24.3 Å². The first kappa shape index (κ1) is 17.9. The molecule has 0 radical (unpaired) electrons. The van der Waals surface area contributed by atoms with Gasteiger partial charge in [0.2, 0.25) is 0 Å². The van der Waals surface area contributed by atoms with Gasteiger partial charge in [0.05, 0.1) is 11.9 Å². The Kier molecular flexibility index (Phi) is 4.28. The Morgan fingerprint density at radius 3 is 2.71 bits per heavy atom. The summed E-state index contributed by atoms with van der Waals surface area (Å²) < 4.78 is 1.80. The van der Waals surface area contributed by atoms with Gasteiger partial charge in [-0.1, -0.05) is 18.2 Å². The molecule has 0 unspecified atom stereocenters. The molecule has 0 amide bonds. The summed E-state index contributed by atoms with van der Waals surface area (Å²) in [5.41, 5.74) is 5.16. The Labute approximate surface area is 178 Å². The van der Waals surface area contributed by atoms with E-state index < -0.39 is 0 Å². The molecule has 0 atom stereocenters. The third kappa shape index (κ3) is 3.27. The minimum atomic E-state index is 0.716. The van der Waals surface area contributed by atoms with Crippen LogP contribution in [0.1, 0.15) is 0 Å². The van der Waals surface area contributed by atoms with E-state index in [2.05, 4.69) is 53.8 Å². The standard InChI is InChI=1S/C23H22N8/c1-2-4-20-17(3-1)19(15-26-20)18-13-22(29-31-12-9-25-23(18)31)28-21-6-5-16(14-27-21)30-10-7-24-8-11-30/h1-6,9,12-15,24,26H,7-8,10-11H2,(H,27,28,29). The van der Waals surface area contributed by atoms with Gasteiger partial charge in [0.1, 0.15) is 5.82 Å². The zero-order valence-corrected chi connectivity index (χ0v) is 16.9. The van der Waals surface area contributed by atoms with E-state index in [-0.39, 0.29) is 0 Å². The summed E-state index contributed by atoms with van der Waals surface area (Å²) in [6.07, 6.45) is 7.58. The summed E-state index contributed by atoms with van der Waals surface area (Å²) in [5.74, 6) is 1.48. The van der Waals surface area contributed by atoms with Crippen LogP contribution >= 0.6 is 0 Å². The average molecular weight is 410 g/mol. The van der Waals surface area contributed by atoms with Gasteiger partial charge in [-0.25, -0.2) is 14.5 Å². The van der Waals surface area contributed by atoms with Crippen LogP contribution < -0.4 is 15.5 Å². The monoisotopic (exact) mass is 410 g/mol. The van der Waals surface area contributed by atoms with Crippen LogP contribution in [0.5, 0.6) is 0 Å². The van der Waals surface area contributed by atoms with Crippen molar-refractivity contribution in [1.82, 2.24) is 29.9 Å². The predicted octanol–water partition coefficient (Wildman–Crippen LogP) is 3.43. The largest absolute Gasteiger partial charge is 0.368 e. The molecule has 154 valence electrons. The van der Waals surface area contributed by atoms with E-state index in [1.807, 2.05) is 42.9 Å². The van der Waals surface area contributed by atoms with Crippen molar-refractivity contribution in [2.24, 2.45) is 0 Å². The average Bonchev–Trinajstić information content (AvgIpc) is 3.47. The van der Waals surface area contributed by atoms with Crippen molar-refractivity contribution >= 4 is 33.9 Å². The first-order valence-corrected chi connectivity index (χ1v) is 10.4. The Balaban J connectivity index is 1.35. The molecular formula is C23H22N8. The maximum atomic E-state index is 4.67. The number of aromatic nitrogens is 5. The summed E-state index contributed by atoms with van der Waals surface area (Å²) >= 11 is 0. The number of anilines is 3. The van der Waals surface area contributed by atoms with E-state index in [4.69, 9.17) is 0 Å². The van der Waals surface area contributed by atoms with Crippen molar-refractivity contribution in [3.8, 4) is 11.1 Å². The lowest BCUT2D eigenvalue weighted by Gasteiger charge is -2.29. The number of nitrogens with one attached hydrogen (secondary N) is 3. The van der Waals surface area contributed by atoms with Crippen LogP contribution in [0.3, 0.4) is 0 Å². The first-order chi connectivity index (χ1) is 15.3. The number of pyridine rings is 1. The zero-order chi connectivity index (χ0) is 20.6. The van der Waals surface area contributed by atoms with Gasteiger partial charge in [-0.2, -0.15) is 0 Å². The highest BCUT2D eigenvalue weighted by Gasteiger charge is 2.14. The fraction of sp³-hybridized carbons (Fsp3) is 0.174. The van der Waals surface area contributed by atoms with Gasteiger partial charge in [0.15, 0.2) is 11.5 Å². The number of nitrogens with zero attached hydrogens (tertiary/aromatic N) is 5. The molecule has 1 aliphatic heterocycles. The molecule has 31 heavy (non-hydrogen) atoms. The smallest absolute Gasteiger partial charge is 0.161 e. The Morgan fingerprint density at radius 2 is 1.84 bits per heavy atom. The van der Waals surface area contributed by atoms with Gasteiger partial charge >= 0.3 is 0 Å². The maximum absolute atomic E-state index is 4.67. The molecule has 5 aromatic rings. The number of hydrogen-bond donors (Lipinski definition) is 3. The summed E-state index contributed by atoms with van der Waals surface area (Å²) in [7, 11) is 0. The van der Waals surface area contributed by atoms with Crippen LogP contribution in [0.25, 0.3) is 27.7 Å². The second-order valence-electron chi connectivity index (χ2n) is 7.65. The molecule has 4 aromatic heterocycles. The second-order valence-corrected chi connectivity index (χ2v) is 7.65. The molecule has 0 saturated carbocycles. The number of rotatable bonds is 4. The molecule has 8 nitrogen and oxygen atoms in total. The first-order valence-electron chi connectivity index (χ1n) is 10.4. The lowest BCUT2D eigenvalue weighted by atomic mass is 10.1. The maximum Gasteiger partial charge on any atom is 0.161 e. The molecule has 5 heterocycles. The van der Waals surface area contributed by atoms with Crippen molar-refractivity contribution in [2.75, 3.05) is 36.4 Å². The highest BCUT2D eigenvalue weighted by atomic mass is 15.3. The molecule has 0 aliphatic carbocycles. The normalized spacial score (nSPS) is 14.4. The molecule has 1 aromatic carbocycles. The number of H-pyrrole nitrogens is 1. The summed E-state index contributed by atoms with van der Waals surface area (Å²) in [4.78, 5) is 14.8. The molecule has 0 bridgehead atoms. The summed E-state index contributed by atoms with van der Waals surface area (Å²) in [5, 5.41) is 12.6. The lowest BCUT2D eigenvalue weighted by Crippen LogP contribution is -2.43. The number of para-hydroxylation sites is 1. The van der Waals surface area contributed by atoms with Crippen LogP contribution in [0.2, 0.25) is 0 Å². The lowest BCUT2D eigenvalue weighted by molar-refractivity contribution is 0.589. The van der Waals surface area contributed by atoms with Crippen molar-refractivity contribution in [1.29, 1.82) is 0 Å². The number of piperazine rings is 1. The SMILES string of the molecule is c1ccc2c(-c3cc(Nc4ccc(N5CCNCC5)cn4)nn4ccnc34)c[nH]c2c1. The minimum absolute atomic E-state index is 0.716. The molecule has 3 N–H and O–H groups in total. The molecule has 8 heteroatoms. The van der Waals surface area contributed by atoms with Gasteiger partial charge in [0.25, 0.3) is 0 Å². The number of aromatic amines is 1. The van der Waals surface area contributed by atoms with Gasteiger partial charge in [-0.15, -0.1) is 5.10 Å². The van der Waals surface area contributed by atoms with Gasteiger partial charge in [0, 0.05) is 66.8 Å². The third-order valence-electron chi connectivity index (χ3n) is 5.72. The Bertz CT molecular complexity index is 1350. The Morgan fingerprint density at radius 1 is 0.935 bits per heavy atom. The van der Waals surface area contributed by atoms with Crippen molar-refractivity contribution in [3.05, 3.63) is 67.3 Å². The van der Waals surface area contributed by atoms with Crippen LogP contribution in [-0.2, 0) is 0 Å². The van der Waals surface area contributed by atoms with E-state index in [1.165, 1.54) is 0 Å². The van der Waals surface area contributed by atoms with Crippen molar-refractivity contribution in [2.45, 2.75) is 0 Å². The van der Waals surface area contributed by atoms with Crippen LogP contribution in [0.4, 0.5) is 17.3 Å². The zero-order valence-electron chi connectivity index (χ0n) is 16.9. The quantitative estimate of drug-likeness (QED) is 0.421. The molecule has 1 aliphatic rings. The van der Waals surface area contributed by atoms with Crippen LogP contribution in [0.15, 0.2) is 67.3 Å². The predicted molar refractivity (Wildman–Crippen MR) is 123 cm³/mol. The Hall–Kier alpha value is -3.91. The number of hydrogen-bond acceptors (Lipinski definition) is 6. The molecule has 0 spiro atoms. The molecular weight excluding hydrogens is 388 g/mol. The van der Waals surface area contributed by atoms with E-state index in [0.717, 1.165) is 65.4 Å². The van der Waals surface area contributed by atoms with Crippen LogP contribution in [0, 0.1) is 0 Å². The van der Waals surface area contributed by atoms with E-state index in [0.29, 0.717) is 5.82 Å². The number of fused-ring (bicyclic) bond motifs is 2. The van der Waals surface area contributed by atoms with Crippen LogP contribution in [-0.4, -0.2) is 50.7 Å². The second kappa shape index (κ2) is 7.41. The summed E-state index contributed by atoms with van der Waals surface area (Å²) in [6, 6.07) is 14.4. The highest BCUT2D eigenvalue weighted by molar-refractivity contribution is 5.99. The number of benzene rings is 1. The van der Waals surface area contributed by atoms with E-state index >= 15 is 0 Å². The van der Waals surface area contributed by atoms with Crippen molar-refractivity contribution < 1.29 is 0 Å².